The lowest BCUT2D eigenvalue weighted by Gasteiger charge is -2.16. The monoisotopic (exact) mass is 250 g/mol. The number of benzene rings is 1. The van der Waals surface area contributed by atoms with Crippen LogP contribution in [0.3, 0.4) is 0 Å². The predicted octanol–water partition coefficient (Wildman–Crippen LogP) is 0.874. The van der Waals surface area contributed by atoms with Gasteiger partial charge in [0, 0.05) is 30.4 Å². The highest BCUT2D eigenvalue weighted by atomic mass is 16.5. The summed E-state index contributed by atoms with van der Waals surface area (Å²) in [5.41, 5.74) is 6.76. The second-order valence-electron chi connectivity index (χ2n) is 4.42. The average molecular weight is 250 g/mol. The topological polar surface area (TPSA) is 75.8 Å². The molecule has 0 aromatic heterocycles. The van der Waals surface area contributed by atoms with Crippen molar-refractivity contribution in [1.82, 2.24) is 4.90 Å². The maximum absolute atomic E-state index is 12.2. The van der Waals surface area contributed by atoms with E-state index in [2.05, 4.69) is 0 Å². The fourth-order valence-electron chi connectivity index (χ4n) is 2.10. The highest BCUT2D eigenvalue weighted by Crippen LogP contribution is 2.21. The Labute approximate surface area is 106 Å². The molecule has 1 fully saturated rings. The number of β-amino-alcohol motifs (C(OH)–C–C–N with tert-alkyl or cyclic N) is 1. The number of hydrogen-bond acceptors (Lipinski definition) is 4. The molecule has 5 heteroatoms. The second-order valence-corrected chi connectivity index (χ2v) is 4.42. The van der Waals surface area contributed by atoms with Gasteiger partial charge in [-0.25, -0.2) is 0 Å². The lowest BCUT2D eigenvalue weighted by molar-refractivity contribution is 0.0764. The maximum Gasteiger partial charge on any atom is 0.254 e. The Hall–Kier alpha value is -1.75. The normalized spacial score (nSPS) is 19.0. The molecule has 1 atom stereocenters. The predicted molar refractivity (Wildman–Crippen MR) is 68.6 cm³/mol. The molecule has 0 saturated carbocycles. The molecule has 1 aliphatic rings. The molecule has 1 heterocycles. The Balaban J connectivity index is 2.19. The number of amides is 1. The Morgan fingerprint density at radius 2 is 2.33 bits per heavy atom. The van der Waals surface area contributed by atoms with E-state index >= 15 is 0 Å². The van der Waals surface area contributed by atoms with E-state index in [0.717, 1.165) is 0 Å². The highest BCUT2D eigenvalue weighted by molar-refractivity contribution is 5.95. The van der Waals surface area contributed by atoms with Gasteiger partial charge in [0.25, 0.3) is 5.91 Å². The average Bonchev–Trinajstić information content (AvgIpc) is 2.74. The smallest absolute Gasteiger partial charge is 0.254 e. The van der Waals surface area contributed by atoms with Crippen LogP contribution >= 0.6 is 0 Å². The SMILES string of the molecule is CCOc1cc(N)cc(C(=O)N2CC[C@@H](O)C2)c1. The Bertz CT molecular complexity index is 448. The molecule has 2 rings (SSSR count). The van der Waals surface area contributed by atoms with Gasteiger partial charge in [-0.05, 0) is 25.5 Å². The largest absolute Gasteiger partial charge is 0.494 e. The molecule has 98 valence electrons. The number of ether oxygens (including phenoxy) is 1. The molecular weight excluding hydrogens is 232 g/mol. The molecule has 0 radical (unpaired) electrons. The van der Waals surface area contributed by atoms with E-state index in [0.29, 0.717) is 43.1 Å². The van der Waals surface area contributed by atoms with Gasteiger partial charge < -0.3 is 20.5 Å². The van der Waals surface area contributed by atoms with E-state index < -0.39 is 6.10 Å². The van der Waals surface area contributed by atoms with Crippen LogP contribution in [-0.2, 0) is 0 Å². The Morgan fingerprint density at radius 3 is 2.94 bits per heavy atom. The number of aliphatic hydroxyl groups excluding tert-OH is 1. The first-order chi connectivity index (χ1) is 8.60. The minimum Gasteiger partial charge on any atom is -0.494 e. The molecule has 3 N–H and O–H groups in total. The Morgan fingerprint density at radius 1 is 1.56 bits per heavy atom. The molecule has 1 saturated heterocycles. The summed E-state index contributed by atoms with van der Waals surface area (Å²) in [6.07, 6.45) is 0.216. The summed E-state index contributed by atoms with van der Waals surface area (Å²) in [4.78, 5) is 13.8. The summed E-state index contributed by atoms with van der Waals surface area (Å²) in [5, 5.41) is 9.45. The van der Waals surface area contributed by atoms with E-state index in [4.69, 9.17) is 10.5 Å². The number of aliphatic hydroxyl groups is 1. The highest BCUT2D eigenvalue weighted by Gasteiger charge is 2.25. The summed E-state index contributed by atoms with van der Waals surface area (Å²) in [6.45, 7) is 3.37. The number of nitrogens with zero attached hydrogens (tertiary/aromatic N) is 1. The summed E-state index contributed by atoms with van der Waals surface area (Å²) < 4.78 is 5.36. The molecule has 0 bridgehead atoms. The van der Waals surface area contributed by atoms with Gasteiger partial charge in [-0.2, -0.15) is 0 Å². The van der Waals surface area contributed by atoms with E-state index in [1.165, 1.54) is 0 Å². The molecule has 1 amide bonds. The number of anilines is 1. The zero-order valence-corrected chi connectivity index (χ0v) is 10.4. The fraction of sp³-hybridized carbons (Fsp3) is 0.462. The van der Waals surface area contributed by atoms with E-state index in [1.54, 1.807) is 23.1 Å². The standard InChI is InChI=1S/C13H18N2O3/c1-2-18-12-6-9(5-10(14)7-12)13(17)15-4-3-11(16)8-15/h5-7,11,16H,2-4,8,14H2,1H3/t11-/m1/s1. The summed E-state index contributed by atoms with van der Waals surface area (Å²) in [6, 6.07) is 5.02. The van der Waals surface area contributed by atoms with Crippen molar-refractivity contribution in [3.05, 3.63) is 23.8 Å². The third-order valence-electron chi connectivity index (χ3n) is 2.94. The van der Waals surface area contributed by atoms with Gasteiger partial charge in [-0.15, -0.1) is 0 Å². The van der Waals surface area contributed by atoms with Crippen LogP contribution in [0.1, 0.15) is 23.7 Å². The van der Waals surface area contributed by atoms with Crippen LogP contribution in [0, 0.1) is 0 Å². The molecule has 0 spiro atoms. The van der Waals surface area contributed by atoms with Gasteiger partial charge in [-0.1, -0.05) is 0 Å². The van der Waals surface area contributed by atoms with Crippen LogP contribution in [0.15, 0.2) is 18.2 Å². The number of nitrogens with two attached hydrogens (primary N) is 1. The molecule has 0 aliphatic carbocycles. The van der Waals surface area contributed by atoms with Crippen molar-refractivity contribution in [3.8, 4) is 5.75 Å². The number of carbonyl (C=O) groups excluding carboxylic acids is 1. The van der Waals surface area contributed by atoms with E-state index in [-0.39, 0.29) is 5.91 Å². The maximum atomic E-state index is 12.2. The van der Waals surface area contributed by atoms with Crippen molar-refractivity contribution < 1.29 is 14.6 Å². The minimum absolute atomic E-state index is 0.111. The van der Waals surface area contributed by atoms with Crippen molar-refractivity contribution in [2.75, 3.05) is 25.4 Å². The molecule has 0 unspecified atom stereocenters. The summed E-state index contributed by atoms with van der Waals surface area (Å²) in [7, 11) is 0. The third kappa shape index (κ3) is 2.73. The van der Waals surface area contributed by atoms with Crippen LogP contribution in [0.2, 0.25) is 0 Å². The summed E-state index contributed by atoms with van der Waals surface area (Å²) in [5.74, 6) is 0.486. The van der Waals surface area contributed by atoms with E-state index in [1.807, 2.05) is 6.92 Å². The minimum atomic E-state index is -0.415. The van der Waals surface area contributed by atoms with Gasteiger partial charge >= 0.3 is 0 Å². The van der Waals surface area contributed by atoms with Gasteiger partial charge in [0.2, 0.25) is 0 Å². The zero-order chi connectivity index (χ0) is 13.1. The van der Waals surface area contributed by atoms with Gasteiger partial charge in [0.15, 0.2) is 0 Å². The number of rotatable bonds is 3. The number of likely N-dealkylation sites (tertiary alicyclic amines) is 1. The third-order valence-corrected chi connectivity index (χ3v) is 2.94. The van der Waals surface area contributed by atoms with Crippen molar-refractivity contribution in [2.24, 2.45) is 0 Å². The zero-order valence-electron chi connectivity index (χ0n) is 10.4. The van der Waals surface area contributed by atoms with Crippen molar-refractivity contribution >= 4 is 11.6 Å². The van der Waals surface area contributed by atoms with Gasteiger partial charge in [0.05, 0.1) is 12.7 Å². The van der Waals surface area contributed by atoms with Crippen molar-refractivity contribution in [2.45, 2.75) is 19.4 Å². The molecule has 1 aromatic carbocycles. The first-order valence-electron chi connectivity index (χ1n) is 6.11. The van der Waals surface area contributed by atoms with Crippen LogP contribution in [-0.4, -0.2) is 41.7 Å². The second kappa shape index (κ2) is 5.27. The van der Waals surface area contributed by atoms with Crippen molar-refractivity contribution in [3.63, 3.8) is 0 Å². The molecule has 1 aliphatic heterocycles. The van der Waals surface area contributed by atoms with Crippen LogP contribution in [0.25, 0.3) is 0 Å². The van der Waals surface area contributed by atoms with Crippen LogP contribution in [0.5, 0.6) is 5.75 Å². The van der Waals surface area contributed by atoms with Gasteiger partial charge in [0.1, 0.15) is 5.75 Å². The number of hydrogen-bond donors (Lipinski definition) is 2. The van der Waals surface area contributed by atoms with Crippen LogP contribution < -0.4 is 10.5 Å². The molecule has 5 nitrogen and oxygen atoms in total. The molecular formula is C13H18N2O3. The number of carbonyl (C=O) groups is 1. The van der Waals surface area contributed by atoms with Gasteiger partial charge in [-0.3, -0.25) is 4.79 Å². The number of nitrogen functional groups attached to an aromatic ring is 1. The molecule has 18 heavy (non-hydrogen) atoms. The molecule has 1 aromatic rings. The fourth-order valence-corrected chi connectivity index (χ4v) is 2.10. The van der Waals surface area contributed by atoms with E-state index in [9.17, 15) is 9.90 Å². The lowest BCUT2D eigenvalue weighted by Crippen LogP contribution is -2.29. The Kier molecular flexibility index (Phi) is 3.72. The first kappa shape index (κ1) is 12.7. The first-order valence-corrected chi connectivity index (χ1v) is 6.11. The lowest BCUT2D eigenvalue weighted by atomic mass is 10.1. The summed E-state index contributed by atoms with van der Waals surface area (Å²) >= 11 is 0. The van der Waals surface area contributed by atoms with Crippen molar-refractivity contribution in [1.29, 1.82) is 0 Å². The quantitative estimate of drug-likeness (QED) is 0.781. The van der Waals surface area contributed by atoms with Crippen LogP contribution in [0.4, 0.5) is 5.69 Å².